The molecule has 0 saturated carbocycles. The van der Waals surface area contributed by atoms with Crippen LogP contribution < -0.4 is 4.90 Å². The summed E-state index contributed by atoms with van der Waals surface area (Å²) in [7, 11) is 0. The number of thioether (sulfide) groups is 1. The van der Waals surface area contributed by atoms with Crippen molar-refractivity contribution in [2.75, 3.05) is 23.0 Å². The van der Waals surface area contributed by atoms with Crippen LogP contribution in [0.1, 0.15) is 6.92 Å². The Morgan fingerprint density at radius 3 is 3.24 bits per heavy atom. The lowest BCUT2D eigenvalue weighted by atomic mass is 10.2. The maximum absolute atomic E-state index is 5.95. The number of aromatic nitrogens is 4. The molecule has 5 nitrogen and oxygen atoms in total. The predicted octanol–water partition coefficient (Wildman–Crippen LogP) is 1.95. The topological polar surface area (TPSA) is 57.7 Å². The van der Waals surface area contributed by atoms with Crippen molar-refractivity contribution < 1.29 is 0 Å². The summed E-state index contributed by atoms with van der Waals surface area (Å²) >= 11 is 7.92. The number of aromatic amines is 1. The van der Waals surface area contributed by atoms with Crippen LogP contribution in [0.5, 0.6) is 0 Å². The highest BCUT2D eigenvalue weighted by atomic mass is 35.5. The minimum Gasteiger partial charge on any atom is -0.351 e. The van der Waals surface area contributed by atoms with Gasteiger partial charge in [-0.1, -0.05) is 0 Å². The summed E-state index contributed by atoms with van der Waals surface area (Å²) in [6, 6.07) is 0.456. The second-order valence-corrected chi connectivity index (χ2v) is 5.55. The van der Waals surface area contributed by atoms with Gasteiger partial charge in [0.25, 0.3) is 0 Å². The number of fused-ring (bicyclic) bond motifs is 1. The Morgan fingerprint density at radius 1 is 1.53 bits per heavy atom. The molecule has 1 atom stereocenters. The molecule has 17 heavy (non-hydrogen) atoms. The average Bonchev–Trinajstić information content (AvgIpc) is 2.76. The Kier molecular flexibility index (Phi) is 2.84. The Bertz CT molecular complexity index is 542. The second-order valence-electron chi connectivity index (χ2n) is 4.07. The van der Waals surface area contributed by atoms with Crippen molar-refractivity contribution in [1.29, 1.82) is 0 Å². The number of hydrogen-bond acceptors (Lipinski definition) is 5. The van der Waals surface area contributed by atoms with E-state index in [1.165, 1.54) is 0 Å². The van der Waals surface area contributed by atoms with Crippen LogP contribution in [0, 0.1) is 0 Å². The summed E-state index contributed by atoms with van der Waals surface area (Å²) in [6.45, 7) is 3.19. The van der Waals surface area contributed by atoms with Gasteiger partial charge in [0, 0.05) is 24.1 Å². The van der Waals surface area contributed by atoms with Crippen molar-refractivity contribution in [2.24, 2.45) is 0 Å². The molecule has 7 heteroatoms. The first-order valence-electron chi connectivity index (χ1n) is 5.46. The molecule has 90 valence electrons. The molecule has 1 aliphatic rings. The molecule has 0 aliphatic carbocycles. The van der Waals surface area contributed by atoms with Crippen LogP contribution in [-0.2, 0) is 0 Å². The van der Waals surface area contributed by atoms with Gasteiger partial charge in [-0.2, -0.15) is 26.8 Å². The first kappa shape index (κ1) is 11.1. The summed E-state index contributed by atoms with van der Waals surface area (Å²) in [4.78, 5) is 10.8. The molecule has 2 aromatic heterocycles. The summed E-state index contributed by atoms with van der Waals surface area (Å²) in [5.41, 5.74) is 0.699. The zero-order valence-corrected chi connectivity index (χ0v) is 10.9. The molecule has 1 aliphatic heterocycles. The Morgan fingerprint density at radius 2 is 2.41 bits per heavy atom. The van der Waals surface area contributed by atoms with Gasteiger partial charge < -0.3 is 4.90 Å². The highest BCUT2D eigenvalue weighted by Crippen LogP contribution is 2.28. The number of nitrogens with zero attached hydrogens (tertiary/aromatic N) is 4. The molecule has 2 aromatic rings. The molecule has 1 unspecified atom stereocenters. The molecule has 0 amide bonds. The molecule has 0 aromatic carbocycles. The van der Waals surface area contributed by atoms with Gasteiger partial charge >= 0.3 is 0 Å². The standard InChI is InChI=1S/C10H12ClN5S/c1-6-5-17-3-2-16(6)9-7-4-12-15-8(7)13-10(11)14-9/h4,6H,2-3,5H2,1H3,(H,12,13,14,15). The molecule has 0 bridgehead atoms. The Balaban J connectivity index is 2.11. The lowest BCUT2D eigenvalue weighted by molar-refractivity contribution is 0.692. The largest absolute Gasteiger partial charge is 0.351 e. The average molecular weight is 270 g/mol. The van der Waals surface area contributed by atoms with Crippen LogP contribution in [0.4, 0.5) is 5.82 Å². The van der Waals surface area contributed by atoms with Crippen LogP contribution in [0.3, 0.4) is 0 Å². The van der Waals surface area contributed by atoms with E-state index in [1.807, 2.05) is 11.8 Å². The molecule has 3 rings (SSSR count). The lowest BCUT2D eigenvalue weighted by Crippen LogP contribution is -2.41. The molecular weight excluding hydrogens is 258 g/mol. The van der Waals surface area contributed by atoms with Crippen molar-refractivity contribution in [2.45, 2.75) is 13.0 Å². The maximum atomic E-state index is 5.95. The molecule has 1 saturated heterocycles. The van der Waals surface area contributed by atoms with Gasteiger partial charge in [0.15, 0.2) is 5.65 Å². The quantitative estimate of drug-likeness (QED) is 0.802. The van der Waals surface area contributed by atoms with Crippen molar-refractivity contribution in [3.63, 3.8) is 0 Å². The van der Waals surface area contributed by atoms with E-state index >= 15 is 0 Å². The number of H-pyrrole nitrogens is 1. The molecular formula is C10H12ClN5S. The van der Waals surface area contributed by atoms with Gasteiger partial charge in [-0.05, 0) is 18.5 Å². The first-order valence-corrected chi connectivity index (χ1v) is 7.00. The van der Waals surface area contributed by atoms with Crippen LogP contribution in [0.25, 0.3) is 11.0 Å². The number of halogens is 1. The van der Waals surface area contributed by atoms with Gasteiger partial charge in [-0.3, -0.25) is 5.10 Å². The van der Waals surface area contributed by atoms with E-state index in [2.05, 4.69) is 32.0 Å². The Labute approximate surface area is 108 Å². The van der Waals surface area contributed by atoms with E-state index in [-0.39, 0.29) is 5.28 Å². The third kappa shape index (κ3) is 1.95. The van der Waals surface area contributed by atoms with Gasteiger partial charge in [-0.25, -0.2) is 0 Å². The highest BCUT2D eigenvalue weighted by Gasteiger charge is 2.23. The number of rotatable bonds is 1. The fraction of sp³-hybridized carbons (Fsp3) is 0.500. The maximum Gasteiger partial charge on any atom is 0.226 e. The van der Waals surface area contributed by atoms with Crippen LogP contribution in [0.15, 0.2) is 6.20 Å². The van der Waals surface area contributed by atoms with E-state index in [0.29, 0.717) is 11.7 Å². The van der Waals surface area contributed by atoms with Crippen molar-refractivity contribution in [3.05, 3.63) is 11.5 Å². The van der Waals surface area contributed by atoms with Crippen LogP contribution in [-0.4, -0.2) is 44.3 Å². The van der Waals surface area contributed by atoms with Crippen molar-refractivity contribution >= 4 is 40.2 Å². The van der Waals surface area contributed by atoms with E-state index in [4.69, 9.17) is 11.6 Å². The number of anilines is 1. The molecule has 0 spiro atoms. The van der Waals surface area contributed by atoms with Crippen LogP contribution in [0.2, 0.25) is 5.28 Å². The fourth-order valence-corrected chi connectivity index (χ4v) is 3.23. The van der Waals surface area contributed by atoms with Crippen LogP contribution >= 0.6 is 23.4 Å². The summed E-state index contributed by atoms with van der Waals surface area (Å²) in [5.74, 6) is 3.12. The number of nitrogens with one attached hydrogen (secondary N) is 1. The third-order valence-corrected chi connectivity index (χ3v) is 4.26. The zero-order chi connectivity index (χ0) is 11.8. The summed E-state index contributed by atoms with van der Waals surface area (Å²) in [5, 5.41) is 8.05. The summed E-state index contributed by atoms with van der Waals surface area (Å²) in [6.07, 6.45) is 1.76. The van der Waals surface area contributed by atoms with Gasteiger partial charge in [-0.15, -0.1) is 0 Å². The van der Waals surface area contributed by atoms with Gasteiger partial charge in [0.1, 0.15) is 5.82 Å². The monoisotopic (exact) mass is 269 g/mol. The van der Waals surface area contributed by atoms with Crippen molar-refractivity contribution in [1.82, 2.24) is 20.2 Å². The minimum absolute atomic E-state index is 0.266. The van der Waals surface area contributed by atoms with Crippen molar-refractivity contribution in [3.8, 4) is 0 Å². The van der Waals surface area contributed by atoms with E-state index in [9.17, 15) is 0 Å². The zero-order valence-electron chi connectivity index (χ0n) is 9.35. The SMILES string of the molecule is CC1CSCCN1c1nc(Cl)nc2[nH]ncc12. The number of hydrogen-bond donors (Lipinski definition) is 1. The smallest absolute Gasteiger partial charge is 0.226 e. The Hall–Kier alpha value is -1.01. The van der Waals surface area contributed by atoms with Gasteiger partial charge in [0.05, 0.1) is 11.6 Å². The lowest BCUT2D eigenvalue weighted by Gasteiger charge is -2.34. The predicted molar refractivity (Wildman–Crippen MR) is 70.8 cm³/mol. The minimum atomic E-state index is 0.266. The third-order valence-electron chi connectivity index (χ3n) is 2.90. The molecule has 3 heterocycles. The van der Waals surface area contributed by atoms with E-state index in [1.54, 1.807) is 6.20 Å². The molecule has 1 N–H and O–H groups in total. The molecule has 1 fully saturated rings. The molecule has 0 radical (unpaired) electrons. The van der Waals surface area contributed by atoms with E-state index in [0.717, 1.165) is 29.3 Å². The van der Waals surface area contributed by atoms with E-state index < -0.39 is 0 Å². The highest BCUT2D eigenvalue weighted by molar-refractivity contribution is 7.99. The summed E-state index contributed by atoms with van der Waals surface area (Å²) < 4.78 is 0. The van der Waals surface area contributed by atoms with Gasteiger partial charge in [0.2, 0.25) is 5.28 Å². The normalized spacial score (nSPS) is 21.1. The second kappa shape index (κ2) is 4.34. The fourth-order valence-electron chi connectivity index (χ4n) is 2.05. The first-order chi connectivity index (χ1) is 8.25.